The van der Waals surface area contributed by atoms with Crippen LogP contribution in [0.25, 0.3) is 0 Å². The van der Waals surface area contributed by atoms with E-state index in [1.807, 2.05) is 40.1 Å². The Morgan fingerprint density at radius 1 is 1.48 bits per heavy atom. The molecular formula is C17H23N3O3. The number of ether oxygens (including phenoxy) is 1. The third kappa shape index (κ3) is 3.17. The van der Waals surface area contributed by atoms with Crippen molar-refractivity contribution in [2.45, 2.75) is 39.3 Å². The molecule has 1 N–H and O–H groups in total. The highest BCUT2D eigenvalue weighted by atomic mass is 16.5. The van der Waals surface area contributed by atoms with Crippen molar-refractivity contribution in [2.24, 2.45) is 13.0 Å². The van der Waals surface area contributed by atoms with Crippen LogP contribution in [0.3, 0.4) is 0 Å². The lowest BCUT2D eigenvalue weighted by Crippen LogP contribution is -2.34. The van der Waals surface area contributed by atoms with Gasteiger partial charge in [-0.3, -0.25) is 9.48 Å². The number of hydrogen-bond acceptors (Lipinski definition) is 4. The zero-order valence-electron chi connectivity index (χ0n) is 14.0. The van der Waals surface area contributed by atoms with Gasteiger partial charge in [0.05, 0.1) is 24.3 Å². The minimum atomic E-state index is -0.219. The molecule has 0 saturated carbocycles. The second-order valence-electron chi connectivity index (χ2n) is 6.23. The monoisotopic (exact) mass is 317 g/mol. The molecular weight excluding hydrogens is 294 g/mol. The largest absolute Gasteiger partial charge is 0.466 e. The fraction of sp³-hybridized carbons (Fsp3) is 0.529. The molecule has 1 saturated heterocycles. The summed E-state index contributed by atoms with van der Waals surface area (Å²) in [5.74, 6) is 1.54. The first-order valence-electron chi connectivity index (χ1n) is 7.93. The molecule has 6 nitrogen and oxygen atoms in total. The number of amides is 1. The molecule has 124 valence electrons. The SMILES string of the molecule is Cc1cc(C(C)NC(=O)[C@H]2CCO[C@@H]2c2cnn(C)c2)c(C)o1. The van der Waals surface area contributed by atoms with E-state index in [0.717, 1.165) is 29.1 Å². The number of aromatic nitrogens is 2. The predicted octanol–water partition coefficient (Wildman–Crippen LogP) is 2.58. The third-order valence-corrected chi connectivity index (χ3v) is 4.39. The van der Waals surface area contributed by atoms with E-state index in [1.165, 1.54) is 0 Å². The quantitative estimate of drug-likeness (QED) is 0.941. The molecule has 1 aliphatic rings. The van der Waals surface area contributed by atoms with Crippen LogP contribution in [-0.2, 0) is 16.6 Å². The number of nitrogens with one attached hydrogen (secondary N) is 1. The van der Waals surface area contributed by atoms with Crippen LogP contribution in [-0.4, -0.2) is 22.3 Å². The van der Waals surface area contributed by atoms with E-state index >= 15 is 0 Å². The summed E-state index contributed by atoms with van der Waals surface area (Å²) in [4.78, 5) is 12.7. The van der Waals surface area contributed by atoms with Crippen molar-refractivity contribution < 1.29 is 13.9 Å². The van der Waals surface area contributed by atoms with Crippen LogP contribution in [0.2, 0.25) is 0 Å². The van der Waals surface area contributed by atoms with Gasteiger partial charge in [0.2, 0.25) is 5.91 Å². The van der Waals surface area contributed by atoms with Gasteiger partial charge in [0, 0.05) is 31.0 Å². The molecule has 2 aromatic rings. The fourth-order valence-electron chi connectivity index (χ4n) is 3.25. The summed E-state index contributed by atoms with van der Waals surface area (Å²) >= 11 is 0. The van der Waals surface area contributed by atoms with Gasteiger partial charge in [-0.2, -0.15) is 5.10 Å². The summed E-state index contributed by atoms with van der Waals surface area (Å²) in [5.41, 5.74) is 1.97. The smallest absolute Gasteiger partial charge is 0.226 e. The van der Waals surface area contributed by atoms with Gasteiger partial charge >= 0.3 is 0 Å². The number of hydrogen-bond donors (Lipinski definition) is 1. The van der Waals surface area contributed by atoms with Gasteiger partial charge in [0.1, 0.15) is 11.5 Å². The molecule has 2 aromatic heterocycles. The Balaban J connectivity index is 1.71. The Hall–Kier alpha value is -2.08. The van der Waals surface area contributed by atoms with E-state index in [-0.39, 0.29) is 24.0 Å². The number of rotatable bonds is 4. The molecule has 1 fully saturated rings. The minimum Gasteiger partial charge on any atom is -0.466 e. The molecule has 0 bridgehead atoms. The number of carbonyl (C=O) groups excluding carboxylic acids is 1. The summed E-state index contributed by atoms with van der Waals surface area (Å²) < 4.78 is 13.0. The fourth-order valence-corrected chi connectivity index (χ4v) is 3.25. The molecule has 0 aromatic carbocycles. The summed E-state index contributed by atoms with van der Waals surface area (Å²) in [6, 6.07) is 1.89. The molecule has 23 heavy (non-hydrogen) atoms. The molecule has 0 spiro atoms. The van der Waals surface area contributed by atoms with Crippen LogP contribution in [0.4, 0.5) is 0 Å². The predicted molar refractivity (Wildman–Crippen MR) is 84.7 cm³/mol. The zero-order valence-corrected chi connectivity index (χ0v) is 14.0. The van der Waals surface area contributed by atoms with Crippen molar-refractivity contribution in [3.05, 3.63) is 41.1 Å². The number of furan rings is 1. The van der Waals surface area contributed by atoms with Crippen LogP contribution in [0.15, 0.2) is 22.9 Å². The maximum atomic E-state index is 12.7. The number of aryl methyl sites for hydroxylation is 3. The molecule has 1 aliphatic heterocycles. The van der Waals surface area contributed by atoms with Crippen LogP contribution in [0.5, 0.6) is 0 Å². The Morgan fingerprint density at radius 3 is 2.87 bits per heavy atom. The topological polar surface area (TPSA) is 69.3 Å². The van der Waals surface area contributed by atoms with Gasteiger partial charge in [-0.1, -0.05) is 0 Å². The van der Waals surface area contributed by atoms with E-state index in [2.05, 4.69) is 10.4 Å². The molecule has 3 heterocycles. The molecule has 3 rings (SSSR count). The zero-order chi connectivity index (χ0) is 16.6. The van der Waals surface area contributed by atoms with Crippen LogP contribution >= 0.6 is 0 Å². The normalized spacial score (nSPS) is 22.3. The highest BCUT2D eigenvalue weighted by molar-refractivity contribution is 5.80. The first-order valence-corrected chi connectivity index (χ1v) is 7.93. The van der Waals surface area contributed by atoms with Gasteiger partial charge in [0.15, 0.2) is 0 Å². The second-order valence-corrected chi connectivity index (χ2v) is 6.23. The van der Waals surface area contributed by atoms with Gasteiger partial charge in [-0.15, -0.1) is 0 Å². The van der Waals surface area contributed by atoms with Crippen molar-refractivity contribution in [1.29, 1.82) is 0 Å². The van der Waals surface area contributed by atoms with E-state index in [1.54, 1.807) is 10.9 Å². The first kappa shape index (κ1) is 15.8. The lowest BCUT2D eigenvalue weighted by molar-refractivity contribution is -0.127. The first-order chi connectivity index (χ1) is 11.0. The third-order valence-electron chi connectivity index (χ3n) is 4.39. The van der Waals surface area contributed by atoms with Crippen molar-refractivity contribution >= 4 is 5.91 Å². The Morgan fingerprint density at radius 2 is 2.26 bits per heavy atom. The number of carbonyl (C=O) groups is 1. The second kappa shape index (κ2) is 6.20. The molecule has 0 radical (unpaired) electrons. The van der Waals surface area contributed by atoms with Crippen molar-refractivity contribution in [2.75, 3.05) is 6.61 Å². The molecule has 0 aliphatic carbocycles. The average Bonchev–Trinajstić information content (AvgIpc) is 3.18. The van der Waals surface area contributed by atoms with Gasteiger partial charge in [-0.05, 0) is 33.3 Å². The highest BCUT2D eigenvalue weighted by Gasteiger charge is 2.36. The number of nitrogens with zero attached hydrogens (tertiary/aromatic N) is 2. The summed E-state index contributed by atoms with van der Waals surface area (Å²) in [6.07, 6.45) is 4.18. The van der Waals surface area contributed by atoms with E-state index in [9.17, 15) is 4.79 Å². The summed E-state index contributed by atoms with van der Waals surface area (Å²) in [6.45, 7) is 6.40. The van der Waals surface area contributed by atoms with Crippen LogP contribution in [0.1, 0.15) is 48.1 Å². The van der Waals surface area contributed by atoms with Crippen molar-refractivity contribution in [3.8, 4) is 0 Å². The van der Waals surface area contributed by atoms with Crippen molar-refractivity contribution in [1.82, 2.24) is 15.1 Å². The molecule has 1 amide bonds. The van der Waals surface area contributed by atoms with E-state index < -0.39 is 0 Å². The molecule has 1 unspecified atom stereocenters. The minimum absolute atomic E-state index is 0.0158. The average molecular weight is 317 g/mol. The highest BCUT2D eigenvalue weighted by Crippen LogP contribution is 2.35. The van der Waals surface area contributed by atoms with Crippen LogP contribution in [0, 0.1) is 19.8 Å². The summed E-state index contributed by atoms with van der Waals surface area (Å²) in [7, 11) is 1.86. The lowest BCUT2D eigenvalue weighted by atomic mass is 9.95. The summed E-state index contributed by atoms with van der Waals surface area (Å²) in [5, 5.41) is 7.26. The maximum Gasteiger partial charge on any atom is 0.226 e. The van der Waals surface area contributed by atoms with E-state index in [0.29, 0.717) is 6.61 Å². The molecule has 6 heteroatoms. The Bertz CT molecular complexity index is 704. The van der Waals surface area contributed by atoms with Gasteiger partial charge < -0.3 is 14.5 Å². The molecule has 3 atom stereocenters. The van der Waals surface area contributed by atoms with Crippen molar-refractivity contribution in [3.63, 3.8) is 0 Å². The lowest BCUT2D eigenvalue weighted by Gasteiger charge is -2.20. The van der Waals surface area contributed by atoms with Gasteiger partial charge in [-0.25, -0.2) is 0 Å². The van der Waals surface area contributed by atoms with E-state index in [4.69, 9.17) is 9.15 Å². The van der Waals surface area contributed by atoms with Crippen LogP contribution < -0.4 is 5.32 Å². The maximum absolute atomic E-state index is 12.7. The van der Waals surface area contributed by atoms with Gasteiger partial charge in [0.25, 0.3) is 0 Å². The Labute approximate surface area is 135 Å². The standard InChI is InChI=1S/C17H23N3O3/c1-10-7-15(12(3)23-10)11(2)19-17(21)14-5-6-22-16(14)13-8-18-20(4)9-13/h7-9,11,14,16H,5-6H2,1-4H3,(H,19,21)/t11?,14-,16+/m0/s1. The Kier molecular flexibility index (Phi) is 4.26.